The molecule has 5 nitrogen and oxygen atoms in total. The van der Waals surface area contributed by atoms with E-state index in [0.717, 1.165) is 12.8 Å². The monoisotopic (exact) mass is 439 g/mol. The molecule has 1 rings (SSSR count). The summed E-state index contributed by atoms with van der Waals surface area (Å²) in [5.41, 5.74) is 2.24. The summed E-state index contributed by atoms with van der Waals surface area (Å²) < 4.78 is 5.54. The van der Waals surface area contributed by atoms with Crippen LogP contribution in [0.5, 0.6) is 0 Å². The summed E-state index contributed by atoms with van der Waals surface area (Å²) in [7, 11) is 1.76. The summed E-state index contributed by atoms with van der Waals surface area (Å²) >= 11 is 5.84. The number of allylic oxidation sites excluding steroid dienone is 2. The number of hydrogen-bond donors (Lipinski definition) is 2. The predicted octanol–water partition coefficient (Wildman–Crippen LogP) is 4.98. The van der Waals surface area contributed by atoms with Crippen LogP contribution in [-0.4, -0.2) is 42.7 Å². The lowest BCUT2D eigenvalue weighted by Crippen LogP contribution is -2.31. The van der Waals surface area contributed by atoms with Crippen molar-refractivity contribution in [3.05, 3.63) is 34.9 Å². The Kier molecular flexibility index (Phi) is 14.4. The van der Waals surface area contributed by atoms with E-state index in [1.807, 2.05) is 6.08 Å². The van der Waals surface area contributed by atoms with E-state index in [1.54, 1.807) is 13.2 Å². The first-order valence-corrected chi connectivity index (χ1v) is 11.6. The van der Waals surface area contributed by atoms with Gasteiger partial charge in [-0.1, -0.05) is 68.9 Å². The van der Waals surface area contributed by atoms with Crippen LogP contribution in [0.3, 0.4) is 0 Å². The number of hydrogen-bond acceptors (Lipinski definition) is 4. The molecular formula is C24H38ClNO4. The molecule has 0 fully saturated rings. The highest BCUT2D eigenvalue weighted by atomic mass is 35.5. The van der Waals surface area contributed by atoms with Crippen LogP contribution in [0, 0.1) is 0 Å². The van der Waals surface area contributed by atoms with Gasteiger partial charge in [0.15, 0.2) is 5.78 Å². The molecule has 0 heterocycles. The van der Waals surface area contributed by atoms with Crippen molar-refractivity contribution in [1.29, 1.82) is 0 Å². The highest BCUT2D eigenvalue weighted by Crippen LogP contribution is 2.21. The highest BCUT2D eigenvalue weighted by Gasteiger charge is 2.25. The van der Waals surface area contributed by atoms with Crippen molar-refractivity contribution in [2.75, 3.05) is 13.7 Å². The third-order valence-corrected chi connectivity index (χ3v) is 5.64. The number of methoxy groups -OCH3 is 1. The Morgan fingerprint density at radius 3 is 2.80 bits per heavy atom. The SMILES string of the molecule is CCCCCCCC(CC=CCCC(=O)NCC(=CCl)C1=CCCC(O)C1=O)OC. The van der Waals surface area contributed by atoms with Crippen LogP contribution < -0.4 is 5.32 Å². The van der Waals surface area contributed by atoms with Crippen LogP contribution in [0.25, 0.3) is 0 Å². The standard InChI is InChI=1S/C24H38ClNO4/c1-3-4-5-6-8-12-20(30-2)13-9-7-10-16-23(28)26-18-19(17-25)21-14-11-15-22(27)24(21)29/h7,9,14,17,20,22,27H,3-6,8,10-13,15-16,18H2,1-2H3,(H,26,28). The molecule has 6 heteroatoms. The van der Waals surface area contributed by atoms with Gasteiger partial charge in [0.25, 0.3) is 0 Å². The number of carbonyl (C=O) groups is 2. The van der Waals surface area contributed by atoms with Crippen molar-refractivity contribution < 1.29 is 19.4 Å². The first kappa shape index (κ1) is 26.6. The number of ketones is 1. The Morgan fingerprint density at radius 1 is 1.33 bits per heavy atom. The maximum Gasteiger partial charge on any atom is 0.220 e. The number of unbranched alkanes of at least 4 members (excludes halogenated alkanes) is 4. The molecule has 0 aromatic rings. The minimum Gasteiger partial charge on any atom is -0.385 e. The molecule has 0 saturated heterocycles. The summed E-state index contributed by atoms with van der Waals surface area (Å²) in [6.07, 6.45) is 15.5. The molecule has 1 aliphatic carbocycles. The molecule has 0 saturated carbocycles. The van der Waals surface area contributed by atoms with Gasteiger partial charge >= 0.3 is 0 Å². The average Bonchev–Trinajstić information content (AvgIpc) is 2.75. The Balaban J connectivity index is 2.25. The molecule has 0 aromatic carbocycles. The maximum atomic E-state index is 12.1. The smallest absolute Gasteiger partial charge is 0.220 e. The van der Waals surface area contributed by atoms with Crippen LogP contribution in [0.15, 0.2) is 34.9 Å². The van der Waals surface area contributed by atoms with Gasteiger partial charge in [0, 0.05) is 31.2 Å². The molecule has 0 bridgehead atoms. The van der Waals surface area contributed by atoms with E-state index in [0.29, 0.717) is 36.8 Å². The number of halogens is 1. The lowest BCUT2D eigenvalue weighted by atomic mass is 9.91. The topological polar surface area (TPSA) is 75.6 Å². The summed E-state index contributed by atoms with van der Waals surface area (Å²) in [5, 5.41) is 12.5. The average molecular weight is 440 g/mol. The van der Waals surface area contributed by atoms with E-state index in [2.05, 4.69) is 18.3 Å². The lowest BCUT2D eigenvalue weighted by Gasteiger charge is -2.19. The lowest BCUT2D eigenvalue weighted by molar-refractivity contribution is -0.124. The molecule has 0 aliphatic heterocycles. The van der Waals surface area contributed by atoms with Crippen molar-refractivity contribution in [3.63, 3.8) is 0 Å². The first-order valence-electron chi connectivity index (χ1n) is 11.2. The minimum absolute atomic E-state index is 0.0979. The van der Waals surface area contributed by atoms with Gasteiger partial charge in [-0.15, -0.1) is 0 Å². The molecule has 1 amide bonds. The summed E-state index contributed by atoms with van der Waals surface area (Å²) in [5.74, 6) is -0.428. The molecule has 2 atom stereocenters. The fourth-order valence-corrected chi connectivity index (χ4v) is 3.64. The number of nitrogens with one attached hydrogen (secondary N) is 1. The molecule has 1 aliphatic rings. The van der Waals surface area contributed by atoms with Gasteiger partial charge in [-0.05, 0) is 37.7 Å². The zero-order chi connectivity index (χ0) is 22.2. The number of carbonyl (C=O) groups excluding carboxylic acids is 2. The highest BCUT2D eigenvalue weighted by molar-refractivity contribution is 6.26. The van der Waals surface area contributed by atoms with Gasteiger partial charge in [-0.3, -0.25) is 9.59 Å². The number of Topliss-reactive ketones (excluding diaryl/α,β-unsaturated/α-hetero) is 1. The fraction of sp³-hybridized carbons (Fsp3) is 0.667. The van der Waals surface area contributed by atoms with Crippen LogP contribution in [-0.2, 0) is 14.3 Å². The quantitative estimate of drug-likeness (QED) is 0.279. The van der Waals surface area contributed by atoms with Gasteiger partial charge < -0.3 is 15.2 Å². The number of aliphatic hydroxyl groups excluding tert-OH is 1. The van der Waals surface area contributed by atoms with Crippen molar-refractivity contribution in [3.8, 4) is 0 Å². The maximum absolute atomic E-state index is 12.1. The number of ether oxygens (including phenoxy) is 1. The van der Waals surface area contributed by atoms with Crippen molar-refractivity contribution in [2.45, 2.75) is 89.8 Å². The number of aliphatic hydroxyl groups is 1. The van der Waals surface area contributed by atoms with Gasteiger partial charge in [-0.25, -0.2) is 0 Å². The van der Waals surface area contributed by atoms with Gasteiger partial charge in [0.2, 0.25) is 5.91 Å². The largest absolute Gasteiger partial charge is 0.385 e. The van der Waals surface area contributed by atoms with E-state index < -0.39 is 6.10 Å². The molecule has 2 N–H and O–H groups in total. The van der Waals surface area contributed by atoms with E-state index in [9.17, 15) is 14.7 Å². The minimum atomic E-state index is -0.982. The second kappa shape index (κ2) is 16.3. The van der Waals surface area contributed by atoms with E-state index >= 15 is 0 Å². The molecule has 0 spiro atoms. The summed E-state index contributed by atoms with van der Waals surface area (Å²) in [6.45, 7) is 2.40. The molecule has 170 valence electrons. The predicted molar refractivity (Wildman–Crippen MR) is 122 cm³/mol. The Labute approximate surface area is 186 Å². The van der Waals surface area contributed by atoms with Gasteiger partial charge in [0.1, 0.15) is 6.10 Å². The Bertz CT molecular complexity index is 612. The summed E-state index contributed by atoms with van der Waals surface area (Å²) in [6, 6.07) is 0. The second-order valence-electron chi connectivity index (χ2n) is 7.79. The van der Waals surface area contributed by atoms with E-state index in [4.69, 9.17) is 16.3 Å². The van der Waals surface area contributed by atoms with Crippen LogP contribution in [0.4, 0.5) is 0 Å². The van der Waals surface area contributed by atoms with Crippen molar-refractivity contribution >= 4 is 23.3 Å². The van der Waals surface area contributed by atoms with Crippen molar-refractivity contribution in [1.82, 2.24) is 5.32 Å². The zero-order valence-electron chi connectivity index (χ0n) is 18.5. The first-order chi connectivity index (χ1) is 14.5. The normalized spacial score (nSPS) is 18.5. The van der Waals surface area contributed by atoms with Gasteiger partial charge in [-0.2, -0.15) is 0 Å². The van der Waals surface area contributed by atoms with Crippen LogP contribution in [0.2, 0.25) is 0 Å². The molecule has 2 unspecified atom stereocenters. The van der Waals surface area contributed by atoms with Gasteiger partial charge in [0.05, 0.1) is 6.10 Å². The third-order valence-electron chi connectivity index (χ3n) is 5.38. The third kappa shape index (κ3) is 10.6. The Morgan fingerprint density at radius 2 is 2.10 bits per heavy atom. The van der Waals surface area contributed by atoms with E-state index in [-0.39, 0.29) is 24.3 Å². The fourth-order valence-electron chi connectivity index (χ4n) is 3.45. The van der Waals surface area contributed by atoms with Crippen LogP contribution >= 0.6 is 11.6 Å². The second-order valence-corrected chi connectivity index (χ2v) is 8.01. The molecule has 30 heavy (non-hydrogen) atoms. The van der Waals surface area contributed by atoms with Crippen LogP contribution in [0.1, 0.15) is 77.6 Å². The molecular weight excluding hydrogens is 402 g/mol. The summed E-state index contributed by atoms with van der Waals surface area (Å²) in [4.78, 5) is 24.1. The van der Waals surface area contributed by atoms with E-state index in [1.165, 1.54) is 37.6 Å². The van der Waals surface area contributed by atoms with Crippen molar-refractivity contribution in [2.24, 2.45) is 0 Å². The molecule has 0 radical (unpaired) electrons. The number of amides is 1. The zero-order valence-corrected chi connectivity index (χ0v) is 19.3. The molecule has 0 aromatic heterocycles. The number of rotatable bonds is 15. The Hall–Kier alpha value is -1.43.